The molecule has 1 aliphatic heterocycles. The Morgan fingerprint density at radius 2 is 2.00 bits per heavy atom. The highest BCUT2D eigenvalue weighted by molar-refractivity contribution is 5.20. The molecule has 0 saturated carbocycles. The molecule has 0 spiro atoms. The van der Waals surface area contributed by atoms with Crippen LogP contribution >= 0.6 is 0 Å². The third kappa shape index (κ3) is 3.25. The van der Waals surface area contributed by atoms with Gasteiger partial charge in [-0.15, -0.1) is 0 Å². The lowest BCUT2D eigenvalue weighted by Gasteiger charge is -2.26. The van der Waals surface area contributed by atoms with Gasteiger partial charge in [0.15, 0.2) is 0 Å². The summed E-state index contributed by atoms with van der Waals surface area (Å²) in [5.74, 6) is 2.94. The van der Waals surface area contributed by atoms with Crippen LogP contribution in [0.15, 0.2) is 21.1 Å². The van der Waals surface area contributed by atoms with Crippen molar-refractivity contribution in [2.75, 3.05) is 19.6 Å². The van der Waals surface area contributed by atoms with Gasteiger partial charge in [0, 0.05) is 18.7 Å². The van der Waals surface area contributed by atoms with E-state index < -0.39 is 0 Å². The van der Waals surface area contributed by atoms with Crippen molar-refractivity contribution in [3.8, 4) is 0 Å². The number of nitrogens with one attached hydrogen (secondary N) is 1. The van der Waals surface area contributed by atoms with Gasteiger partial charge in [-0.3, -0.25) is 4.90 Å². The molecule has 5 heteroatoms. The summed E-state index contributed by atoms with van der Waals surface area (Å²) < 4.78 is 11.1. The van der Waals surface area contributed by atoms with Crippen LogP contribution in [-0.2, 0) is 6.54 Å². The number of hydrogen-bond donors (Lipinski definition) is 1. The van der Waals surface area contributed by atoms with Gasteiger partial charge in [-0.25, -0.2) is 0 Å². The first-order valence-corrected chi connectivity index (χ1v) is 8.08. The van der Waals surface area contributed by atoms with Crippen molar-refractivity contribution in [3.63, 3.8) is 0 Å². The second-order valence-corrected chi connectivity index (χ2v) is 6.14. The van der Waals surface area contributed by atoms with Gasteiger partial charge in [-0.2, -0.15) is 0 Å². The highest BCUT2D eigenvalue weighted by Crippen LogP contribution is 2.26. The second-order valence-electron chi connectivity index (χ2n) is 6.14. The van der Waals surface area contributed by atoms with Crippen LogP contribution in [0, 0.1) is 20.8 Å². The summed E-state index contributed by atoms with van der Waals surface area (Å²) in [5.41, 5.74) is 2.13. The molecule has 0 aromatic carbocycles. The van der Waals surface area contributed by atoms with Crippen LogP contribution in [0.3, 0.4) is 0 Å². The minimum Gasteiger partial charge on any atom is -0.465 e. The molecule has 1 N–H and O–H groups in total. The van der Waals surface area contributed by atoms with Gasteiger partial charge < -0.3 is 14.3 Å². The molecule has 1 atom stereocenters. The Morgan fingerprint density at radius 3 is 2.59 bits per heavy atom. The van der Waals surface area contributed by atoms with Gasteiger partial charge >= 0.3 is 0 Å². The van der Waals surface area contributed by atoms with Crippen molar-refractivity contribution in [2.24, 2.45) is 0 Å². The van der Waals surface area contributed by atoms with Gasteiger partial charge in [0.25, 0.3) is 0 Å². The van der Waals surface area contributed by atoms with E-state index in [0.717, 1.165) is 54.7 Å². The van der Waals surface area contributed by atoms with Gasteiger partial charge in [0.1, 0.15) is 17.3 Å². The third-order valence-corrected chi connectivity index (χ3v) is 4.49. The molecule has 22 heavy (non-hydrogen) atoms. The molecule has 3 rings (SSSR count). The monoisotopic (exact) mass is 303 g/mol. The molecule has 2 aromatic heterocycles. The molecule has 2 aromatic rings. The molecule has 5 nitrogen and oxygen atoms in total. The van der Waals surface area contributed by atoms with Crippen LogP contribution in [0.4, 0.5) is 0 Å². The average molecular weight is 303 g/mol. The fourth-order valence-electron chi connectivity index (χ4n) is 3.18. The first kappa shape index (κ1) is 15.3. The lowest BCUT2D eigenvalue weighted by atomic mass is 10.1. The topological polar surface area (TPSA) is 54.4 Å². The highest BCUT2D eigenvalue weighted by Gasteiger charge is 2.25. The fourth-order valence-corrected chi connectivity index (χ4v) is 3.18. The predicted octanol–water partition coefficient (Wildman–Crippen LogP) is 3.12. The molecule has 120 valence electrons. The van der Waals surface area contributed by atoms with Crippen molar-refractivity contribution in [3.05, 3.63) is 40.7 Å². The van der Waals surface area contributed by atoms with Gasteiger partial charge in [-0.1, -0.05) is 5.16 Å². The van der Waals surface area contributed by atoms with Crippen LogP contribution < -0.4 is 5.32 Å². The summed E-state index contributed by atoms with van der Waals surface area (Å²) in [6.45, 7) is 9.91. The molecule has 0 bridgehead atoms. The normalized spacial score (nSPS) is 17.2. The summed E-state index contributed by atoms with van der Waals surface area (Å²) in [4.78, 5) is 2.51. The summed E-state index contributed by atoms with van der Waals surface area (Å²) in [6.07, 6.45) is 2.56. The SMILES string of the molecule is Cc1ccc(C(CNCc2c(C)noc2C)N2CCCC2)o1. The van der Waals surface area contributed by atoms with Crippen LogP contribution in [0.1, 0.15) is 47.4 Å². The van der Waals surface area contributed by atoms with E-state index in [-0.39, 0.29) is 0 Å². The second kappa shape index (κ2) is 6.67. The summed E-state index contributed by atoms with van der Waals surface area (Å²) in [7, 11) is 0. The first-order chi connectivity index (χ1) is 10.6. The van der Waals surface area contributed by atoms with E-state index in [1.54, 1.807) is 0 Å². The Hall–Kier alpha value is -1.59. The molecule has 1 saturated heterocycles. The van der Waals surface area contributed by atoms with E-state index in [1.165, 1.54) is 12.8 Å². The Bertz CT molecular complexity index is 592. The quantitative estimate of drug-likeness (QED) is 0.888. The van der Waals surface area contributed by atoms with E-state index in [1.807, 2.05) is 26.8 Å². The van der Waals surface area contributed by atoms with E-state index >= 15 is 0 Å². The number of aryl methyl sites for hydroxylation is 3. The Morgan fingerprint density at radius 1 is 1.23 bits per heavy atom. The zero-order chi connectivity index (χ0) is 15.5. The van der Waals surface area contributed by atoms with Gasteiger partial charge in [0.2, 0.25) is 0 Å². The summed E-state index contributed by atoms with van der Waals surface area (Å²) in [5, 5.41) is 7.56. The van der Waals surface area contributed by atoms with Crippen molar-refractivity contribution < 1.29 is 8.94 Å². The summed E-state index contributed by atoms with van der Waals surface area (Å²) in [6, 6.07) is 4.46. The number of hydrogen-bond acceptors (Lipinski definition) is 5. The van der Waals surface area contributed by atoms with Crippen LogP contribution in [0.25, 0.3) is 0 Å². The molecule has 1 unspecified atom stereocenters. The average Bonchev–Trinajstić information content (AvgIpc) is 3.21. The minimum atomic E-state index is 0.302. The van der Waals surface area contributed by atoms with Crippen LogP contribution in [-0.4, -0.2) is 29.7 Å². The zero-order valence-corrected chi connectivity index (χ0v) is 13.7. The minimum absolute atomic E-state index is 0.302. The number of nitrogens with zero attached hydrogens (tertiary/aromatic N) is 2. The van der Waals surface area contributed by atoms with Crippen molar-refractivity contribution >= 4 is 0 Å². The summed E-state index contributed by atoms with van der Waals surface area (Å²) >= 11 is 0. The maximum Gasteiger partial charge on any atom is 0.138 e. The number of aromatic nitrogens is 1. The molecule has 0 aliphatic carbocycles. The molecule has 0 amide bonds. The molecule has 3 heterocycles. The lowest BCUT2D eigenvalue weighted by Crippen LogP contribution is -2.33. The maximum absolute atomic E-state index is 5.88. The van der Waals surface area contributed by atoms with E-state index in [2.05, 4.69) is 21.4 Å². The van der Waals surface area contributed by atoms with Crippen LogP contribution in [0.5, 0.6) is 0 Å². The largest absolute Gasteiger partial charge is 0.465 e. The van der Waals surface area contributed by atoms with Crippen molar-refractivity contribution in [1.29, 1.82) is 0 Å². The van der Waals surface area contributed by atoms with Gasteiger partial charge in [0.05, 0.1) is 11.7 Å². The lowest BCUT2D eigenvalue weighted by molar-refractivity contribution is 0.207. The van der Waals surface area contributed by atoms with Crippen molar-refractivity contribution in [2.45, 2.75) is 46.2 Å². The molecule has 1 fully saturated rings. The number of rotatable bonds is 6. The molecular formula is C17H25N3O2. The predicted molar refractivity (Wildman–Crippen MR) is 84.7 cm³/mol. The Balaban J connectivity index is 1.65. The highest BCUT2D eigenvalue weighted by atomic mass is 16.5. The zero-order valence-electron chi connectivity index (χ0n) is 13.7. The molecular weight excluding hydrogens is 278 g/mol. The van der Waals surface area contributed by atoms with E-state index in [9.17, 15) is 0 Å². The van der Waals surface area contributed by atoms with Gasteiger partial charge in [-0.05, 0) is 58.8 Å². The standard InChI is InChI=1S/C17H25N3O2/c1-12-6-7-17(21-12)16(20-8-4-5-9-20)11-18-10-15-13(2)19-22-14(15)3/h6-7,16,18H,4-5,8-11H2,1-3H3. The number of furan rings is 1. The number of likely N-dealkylation sites (tertiary alicyclic amines) is 1. The Kier molecular flexibility index (Phi) is 4.64. The van der Waals surface area contributed by atoms with Crippen molar-refractivity contribution in [1.82, 2.24) is 15.4 Å². The maximum atomic E-state index is 5.88. The smallest absolute Gasteiger partial charge is 0.138 e. The molecule has 0 radical (unpaired) electrons. The van der Waals surface area contributed by atoms with E-state index in [0.29, 0.717) is 6.04 Å². The van der Waals surface area contributed by atoms with E-state index in [4.69, 9.17) is 8.94 Å². The molecule has 1 aliphatic rings. The first-order valence-electron chi connectivity index (χ1n) is 8.08. The third-order valence-electron chi connectivity index (χ3n) is 4.49. The van der Waals surface area contributed by atoms with Crippen LogP contribution in [0.2, 0.25) is 0 Å². The fraction of sp³-hybridized carbons (Fsp3) is 0.588. The Labute approximate surface area is 131 Å².